The minimum atomic E-state index is -0.0568. The van der Waals surface area contributed by atoms with Crippen molar-refractivity contribution in [3.8, 4) is 12.0 Å². The van der Waals surface area contributed by atoms with E-state index < -0.39 is 0 Å². The summed E-state index contributed by atoms with van der Waals surface area (Å²) in [5.74, 6) is 2.74. The van der Waals surface area contributed by atoms with Crippen LogP contribution in [0.5, 0.6) is 0 Å². The van der Waals surface area contributed by atoms with Gasteiger partial charge in [-0.15, -0.1) is 0 Å². The number of ketones is 1. The van der Waals surface area contributed by atoms with Crippen LogP contribution in [0.3, 0.4) is 0 Å². The Hall–Kier alpha value is -1.79. The third-order valence-corrected chi connectivity index (χ3v) is 4.19. The molecule has 3 heteroatoms. The predicted molar refractivity (Wildman–Crippen MR) is 79.6 cm³/mol. The van der Waals surface area contributed by atoms with E-state index in [0.29, 0.717) is 0 Å². The predicted octanol–water partition coefficient (Wildman–Crippen LogP) is 1.57. The molecule has 0 radical (unpaired) electrons. The first-order chi connectivity index (χ1) is 9.72. The number of nitrogens with zero attached hydrogens (tertiary/aromatic N) is 2. The van der Waals surface area contributed by atoms with Crippen molar-refractivity contribution in [2.24, 2.45) is 0 Å². The number of rotatable bonds is 1. The topological polar surface area (TPSA) is 23.6 Å². The molecule has 0 saturated carbocycles. The molecular formula is C17H20N2O. The number of carbonyl (C=O) groups excluding carboxylic acids is 1. The van der Waals surface area contributed by atoms with Crippen molar-refractivity contribution >= 4 is 5.78 Å². The number of benzene rings is 1. The van der Waals surface area contributed by atoms with Gasteiger partial charge in [0.1, 0.15) is 0 Å². The third-order valence-electron chi connectivity index (χ3n) is 4.19. The number of aryl methyl sites for hydroxylation is 2. The molecule has 0 N–H and O–H groups in total. The fourth-order valence-corrected chi connectivity index (χ4v) is 2.83. The summed E-state index contributed by atoms with van der Waals surface area (Å²) in [6.07, 6.45) is 3.46. The van der Waals surface area contributed by atoms with Gasteiger partial charge >= 0.3 is 0 Å². The van der Waals surface area contributed by atoms with Crippen LogP contribution in [0.1, 0.15) is 27.9 Å². The molecular weight excluding hydrogens is 248 g/mol. The van der Waals surface area contributed by atoms with Gasteiger partial charge < -0.3 is 9.80 Å². The fourth-order valence-electron chi connectivity index (χ4n) is 2.83. The van der Waals surface area contributed by atoms with Crippen molar-refractivity contribution in [3.63, 3.8) is 0 Å². The monoisotopic (exact) mass is 268 g/mol. The SMILES string of the molecule is CN1CCN(C#CC(=O)c2ccc3c(c2)CCC3)CC1. The van der Waals surface area contributed by atoms with Crippen molar-refractivity contribution in [1.29, 1.82) is 0 Å². The van der Waals surface area contributed by atoms with E-state index >= 15 is 0 Å². The lowest BCUT2D eigenvalue weighted by atomic mass is 10.0. The summed E-state index contributed by atoms with van der Waals surface area (Å²) in [7, 11) is 2.11. The van der Waals surface area contributed by atoms with E-state index in [1.54, 1.807) is 0 Å². The van der Waals surface area contributed by atoms with Gasteiger partial charge in [-0.1, -0.05) is 12.1 Å². The lowest BCUT2D eigenvalue weighted by Crippen LogP contribution is -2.42. The molecule has 1 saturated heterocycles. The van der Waals surface area contributed by atoms with Gasteiger partial charge in [0.25, 0.3) is 0 Å². The molecule has 0 unspecified atom stereocenters. The Balaban J connectivity index is 1.68. The summed E-state index contributed by atoms with van der Waals surface area (Å²) in [4.78, 5) is 16.5. The van der Waals surface area contributed by atoms with Gasteiger partial charge in [0.05, 0.1) is 0 Å². The Kier molecular flexibility index (Phi) is 3.75. The molecule has 1 heterocycles. The van der Waals surface area contributed by atoms with E-state index in [4.69, 9.17) is 0 Å². The van der Waals surface area contributed by atoms with Gasteiger partial charge in [0, 0.05) is 37.8 Å². The molecule has 1 fully saturated rings. The van der Waals surface area contributed by atoms with Crippen LogP contribution in [0.4, 0.5) is 0 Å². The highest BCUT2D eigenvalue weighted by molar-refractivity contribution is 6.09. The van der Waals surface area contributed by atoms with Crippen molar-refractivity contribution in [2.45, 2.75) is 19.3 Å². The Morgan fingerprint density at radius 1 is 1.10 bits per heavy atom. The van der Waals surface area contributed by atoms with E-state index in [-0.39, 0.29) is 5.78 Å². The summed E-state index contributed by atoms with van der Waals surface area (Å²) in [5.41, 5.74) is 3.47. The zero-order valence-corrected chi connectivity index (χ0v) is 12.0. The molecule has 3 nitrogen and oxygen atoms in total. The minimum absolute atomic E-state index is 0.0568. The highest BCUT2D eigenvalue weighted by Crippen LogP contribution is 2.22. The van der Waals surface area contributed by atoms with Crippen LogP contribution in [-0.2, 0) is 12.8 Å². The fraction of sp³-hybridized carbons (Fsp3) is 0.471. The Morgan fingerprint density at radius 2 is 1.85 bits per heavy atom. The molecule has 0 atom stereocenters. The molecule has 3 rings (SSSR count). The van der Waals surface area contributed by atoms with Crippen LogP contribution >= 0.6 is 0 Å². The Morgan fingerprint density at radius 3 is 2.65 bits per heavy atom. The first kappa shape index (κ1) is 13.2. The minimum Gasteiger partial charge on any atom is -0.330 e. The van der Waals surface area contributed by atoms with Gasteiger partial charge in [-0.05, 0) is 49.4 Å². The van der Waals surface area contributed by atoms with Crippen LogP contribution in [0, 0.1) is 12.0 Å². The van der Waals surface area contributed by atoms with E-state index in [2.05, 4.69) is 30.0 Å². The van der Waals surface area contributed by atoms with Gasteiger partial charge in [0.15, 0.2) is 0 Å². The highest BCUT2D eigenvalue weighted by Gasteiger charge is 2.14. The average Bonchev–Trinajstić information content (AvgIpc) is 2.93. The van der Waals surface area contributed by atoms with E-state index in [0.717, 1.165) is 44.6 Å². The second-order valence-electron chi connectivity index (χ2n) is 5.69. The van der Waals surface area contributed by atoms with Crippen LogP contribution in [0.2, 0.25) is 0 Å². The van der Waals surface area contributed by atoms with Crippen molar-refractivity contribution in [1.82, 2.24) is 9.80 Å². The number of likely N-dealkylation sites (N-methyl/N-ethyl adjacent to an activating group) is 1. The maximum atomic E-state index is 12.1. The normalized spacial score (nSPS) is 18.4. The molecule has 1 aliphatic carbocycles. The van der Waals surface area contributed by atoms with Crippen molar-refractivity contribution < 1.29 is 4.79 Å². The summed E-state index contributed by atoms with van der Waals surface area (Å²) < 4.78 is 0. The summed E-state index contributed by atoms with van der Waals surface area (Å²) in [5, 5.41) is 0. The second kappa shape index (κ2) is 5.68. The Labute approximate surface area is 120 Å². The number of hydrogen-bond donors (Lipinski definition) is 0. The third kappa shape index (κ3) is 2.86. The molecule has 1 aromatic rings. The Bertz CT molecular complexity index is 574. The van der Waals surface area contributed by atoms with Gasteiger partial charge in [-0.25, -0.2) is 0 Å². The second-order valence-corrected chi connectivity index (χ2v) is 5.69. The zero-order valence-electron chi connectivity index (χ0n) is 12.0. The van der Waals surface area contributed by atoms with Crippen LogP contribution in [-0.4, -0.2) is 48.8 Å². The molecule has 2 aliphatic rings. The maximum absolute atomic E-state index is 12.1. The van der Waals surface area contributed by atoms with Gasteiger partial charge in [-0.3, -0.25) is 4.79 Å². The summed E-state index contributed by atoms with van der Waals surface area (Å²) >= 11 is 0. The smallest absolute Gasteiger partial charge is 0.237 e. The molecule has 20 heavy (non-hydrogen) atoms. The highest BCUT2D eigenvalue weighted by atomic mass is 16.1. The number of fused-ring (bicyclic) bond motifs is 1. The van der Waals surface area contributed by atoms with E-state index in [1.807, 2.05) is 17.0 Å². The van der Waals surface area contributed by atoms with Crippen LogP contribution < -0.4 is 0 Å². The first-order valence-electron chi connectivity index (χ1n) is 7.33. The van der Waals surface area contributed by atoms with Gasteiger partial charge in [-0.2, -0.15) is 0 Å². The number of carbonyl (C=O) groups is 1. The maximum Gasteiger partial charge on any atom is 0.237 e. The molecule has 0 spiro atoms. The number of Topliss-reactive ketones (excluding diaryl/α,β-unsaturated/α-hetero) is 1. The molecule has 1 aromatic carbocycles. The zero-order chi connectivity index (χ0) is 13.9. The summed E-state index contributed by atoms with van der Waals surface area (Å²) in [6, 6.07) is 9.06. The standard InChI is InChI=1S/C17H20N2O/c1-18-9-11-19(12-10-18)8-7-17(20)16-6-5-14-3-2-4-15(14)13-16/h5-6,13H,2-4,9-12H2,1H3. The lowest BCUT2D eigenvalue weighted by Gasteiger charge is -2.29. The first-order valence-corrected chi connectivity index (χ1v) is 7.33. The number of hydrogen-bond acceptors (Lipinski definition) is 3. The van der Waals surface area contributed by atoms with Gasteiger partial charge in [0.2, 0.25) is 5.78 Å². The van der Waals surface area contributed by atoms with Crippen LogP contribution in [0.15, 0.2) is 18.2 Å². The van der Waals surface area contributed by atoms with Crippen molar-refractivity contribution in [2.75, 3.05) is 33.2 Å². The molecule has 0 amide bonds. The average molecular weight is 268 g/mol. The summed E-state index contributed by atoms with van der Waals surface area (Å²) in [6.45, 7) is 3.87. The molecule has 0 aromatic heterocycles. The van der Waals surface area contributed by atoms with Crippen molar-refractivity contribution in [3.05, 3.63) is 34.9 Å². The molecule has 0 bridgehead atoms. The number of piperazine rings is 1. The quantitative estimate of drug-likeness (QED) is 0.570. The van der Waals surface area contributed by atoms with Crippen LogP contribution in [0.25, 0.3) is 0 Å². The molecule has 104 valence electrons. The lowest BCUT2D eigenvalue weighted by molar-refractivity contribution is 0.105. The molecule has 1 aliphatic heterocycles. The largest absolute Gasteiger partial charge is 0.330 e. The van der Waals surface area contributed by atoms with E-state index in [1.165, 1.54) is 17.5 Å². The van der Waals surface area contributed by atoms with E-state index in [9.17, 15) is 4.79 Å².